The summed E-state index contributed by atoms with van der Waals surface area (Å²) >= 11 is 0. The maximum absolute atomic E-state index is 12.7. The van der Waals surface area contributed by atoms with Crippen LogP contribution in [0.1, 0.15) is 46.1 Å². The lowest BCUT2D eigenvalue weighted by molar-refractivity contribution is -0.141. The summed E-state index contributed by atoms with van der Waals surface area (Å²) in [6.07, 6.45) is 2.02. The molecule has 24 heavy (non-hydrogen) atoms. The van der Waals surface area contributed by atoms with E-state index >= 15 is 0 Å². The average molecular weight is 330 g/mol. The highest BCUT2D eigenvalue weighted by Crippen LogP contribution is 2.42. The largest absolute Gasteiger partial charge is 0.492 e. The Bertz CT molecular complexity index is 632. The molecule has 5 heteroatoms. The molecule has 0 aromatic heterocycles. The van der Waals surface area contributed by atoms with Gasteiger partial charge in [0.25, 0.3) is 5.91 Å². The first-order chi connectivity index (χ1) is 11.4. The second kappa shape index (κ2) is 7.67. The summed E-state index contributed by atoms with van der Waals surface area (Å²) in [6.45, 7) is 8.87. The van der Waals surface area contributed by atoms with Gasteiger partial charge in [0.15, 0.2) is 0 Å². The third kappa shape index (κ3) is 4.27. The summed E-state index contributed by atoms with van der Waals surface area (Å²) in [5, 5.41) is 12.2. The number of benzene rings is 1. The van der Waals surface area contributed by atoms with Crippen LogP contribution in [-0.4, -0.2) is 24.7 Å². The van der Waals surface area contributed by atoms with Crippen molar-refractivity contribution in [2.75, 3.05) is 18.5 Å². The SMILES string of the molecule is CCOC(C)(C(=O)Nc1ccc(OCC(C)C)c(C#N)c1)C1CC1. The highest BCUT2D eigenvalue weighted by Gasteiger charge is 2.48. The molecule has 1 atom stereocenters. The molecule has 2 rings (SSSR count). The number of carbonyl (C=O) groups is 1. The van der Waals surface area contributed by atoms with Crippen molar-refractivity contribution in [1.29, 1.82) is 5.26 Å². The molecule has 1 N–H and O–H groups in total. The van der Waals surface area contributed by atoms with E-state index in [2.05, 4.69) is 11.4 Å². The molecule has 0 bridgehead atoms. The first-order valence-electron chi connectivity index (χ1n) is 8.53. The third-order valence-electron chi connectivity index (χ3n) is 4.18. The molecule has 1 aromatic rings. The van der Waals surface area contributed by atoms with E-state index in [1.807, 2.05) is 27.7 Å². The fourth-order valence-electron chi connectivity index (χ4n) is 2.64. The van der Waals surface area contributed by atoms with Crippen LogP contribution in [0.15, 0.2) is 18.2 Å². The quantitative estimate of drug-likeness (QED) is 0.788. The van der Waals surface area contributed by atoms with Crippen molar-refractivity contribution in [3.8, 4) is 11.8 Å². The maximum atomic E-state index is 12.7. The Morgan fingerprint density at radius 2 is 2.17 bits per heavy atom. The Balaban J connectivity index is 2.12. The zero-order chi connectivity index (χ0) is 17.7. The molecule has 1 aliphatic carbocycles. The van der Waals surface area contributed by atoms with E-state index in [9.17, 15) is 10.1 Å². The Kier molecular flexibility index (Phi) is 5.84. The zero-order valence-electron chi connectivity index (χ0n) is 14.9. The molecule has 1 fully saturated rings. The molecule has 1 aliphatic rings. The minimum atomic E-state index is -0.811. The second-order valence-corrected chi connectivity index (χ2v) is 6.80. The van der Waals surface area contributed by atoms with Gasteiger partial charge in [-0.15, -0.1) is 0 Å². The highest BCUT2D eigenvalue weighted by atomic mass is 16.5. The Hall–Kier alpha value is -2.06. The molecule has 0 aliphatic heterocycles. The summed E-state index contributed by atoms with van der Waals surface area (Å²) in [6, 6.07) is 7.26. The average Bonchev–Trinajstić information content (AvgIpc) is 3.38. The minimum absolute atomic E-state index is 0.161. The topological polar surface area (TPSA) is 71.3 Å². The number of nitrogens with one attached hydrogen (secondary N) is 1. The lowest BCUT2D eigenvalue weighted by Gasteiger charge is -2.28. The number of hydrogen-bond donors (Lipinski definition) is 1. The zero-order valence-corrected chi connectivity index (χ0v) is 14.9. The molecule has 1 saturated carbocycles. The molecule has 1 unspecified atom stereocenters. The van der Waals surface area contributed by atoms with Gasteiger partial charge in [-0.1, -0.05) is 13.8 Å². The van der Waals surface area contributed by atoms with Gasteiger partial charge in [-0.2, -0.15) is 5.26 Å². The van der Waals surface area contributed by atoms with Gasteiger partial charge in [-0.25, -0.2) is 0 Å². The van der Waals surface area contributed by atoms with E-state index in [4.69, 9.17) is 9.47 Å². The van der Waals surface area contributed by atoms with E-state index in [0.717, 1.165) is 12.8 Å². The van der Waals surface area contributed by atoms with Gasteiger partial charge in [-0.3, -0.25) is 4.79 Å². The number of hydrogen-bond acceptors (Lipinski definition) is 4. The van der Waals surface area contributed by atoms with Crippen LogP contribution in [0, 0.1) is 23.2 Å². The number of amides is 1. The minimum Gasteiger partial charge on any atom is -0.492 e. The molecular formula is C19H26N2O3. The van der Waals surface area contributed by atoms with E-state index < -0.39 is 5.60 Å². The van der Waals surface area contributed by atoms with Crippen molar-refractivity contribution in [2.45, 2.75) is 46.1 Å². The number of ether oxygens (including phenoxy) is 2. The van der Waals surface area contributed by atoms with Crippen LogP contribution in [0.4, 0.5) is 5.69 Å². The number of nitriles is 1. The number of anilines is 1. The van der Waals surface area contributed by atoms with Gasteiger partial charge >= 0.3 is 0 Å². The third-order valence-corrected chi connectivity index (χ3v) is 4.18. The van der Waals surface area contributed by atoms with Crippen molar-refractivity contribution >= 4 is 11.6 Å². The van der Waals surface area contributed by atoms with Gasteiger partial charge in [0.1, 0.15) is 17.4 Å². The van der Waals surface area contributed by atoms with E-state index in [0.29, 0.717) is 36.1 Å². The number of carbonyl (C=O) groups excluding carboxylic acids is 1. The van der Waals surface area contributed by atoms with Crippen LogP contribution < -0.4 is 10.1 Å². The predicted molar refractivity (Wildman–Crippen MR) is 92.9 cm³/mol. The van der Waals surface area contributed by atoms with Crippen molar-refractivity contribution in [3.05, 3.63) is 23.8 Å². The van der Waals surface area contributed by atoms with Gasteiger partial charge in [-0.05, 0) is 56.7 Å². The molecule has 0 heterocycles. The molecule has 5 nitrogen and oxygen atoms in total. The van der Waals surface area contributed by atoms with Crippen molar-refractivity contribution in [2.24, 2.45) is 11.8 Å². The van der Waals surface area contributed by atoms with Gasteiger partial charge in [0.05, 0.1) is 12.2 Å². The van der Waals surface area contributed by atoms with Crippen LogP contribution in [0.5, 0.6) is 5.75 Å². The summed E-state index contributed by atoms with van der Waals surface area (Å²) < 4.78 is 11.4. The van der Waals surface area contributed by atoms with E-state index in [1.165, 1.54) is 0 Å². The molecule has 1 amide bonds. The fraction of sp³-hybridized carbons (Fsp3) is 0.579. The Morgan fingerprint density at radius 3 is 2.71 bits per heavy atom. The smallest absolute Gasteiger partial charge is 0.256 e. The van der Waals surface area contributed by atoms with Crippen LogP contribution in [0.3, 0.4) is 0 Å². The monoisotopic (exact) mass is 330 g/mol. The van der Waals surface area contributed by atoms with Crippen molar-refractivity contribution < 1.29 is 14.3 Å². The van der Waals surface area contributed by atoms with Gasteiger partial charge in [0, 0.05) is 12.3 Å². The predicted octanol–water partition coefficient (Wildman–Crippen LogP) is 3.74. The normalized spacial score (nSPS) is 16.3. The van der Waals surface area contributed by atoms with Crippen LogP contribution in [-0.2, 0) is 9.53 Å². The van der Waals surface area contributed by atoms with Gasteiger partial charge in [0.2, 0.25) is 0 Å². The lowest BCUT2D eigenvalue weighted by atomic mass is 9.98. The summed E-state index contributed by atoms with van der Waals surface area (Å²) in [5.41, 5.74) is 0.187. The van der Waals surface area contributed by atoms with Crippen LogP contribution >= 0.6 is 0 Å². The summed E-state index contributed by atoms with van der Waals surface area (Å²) in [7, 11) is 0. The first-order valence-corrected chi connectivity index (χ1v) is 8.53. The Labute approximate surface area is 144 Å². The second-order valence-electron chi connectivity index (χ2n) is 6.80. The first kappa shape index (κ1) is 18.3. The number of nitrogens with zero attached hydrogens (tertiary/aromatic N) is 1. The van der Waals surface area contributed by atoms with Gasteiger partial charge < -0.3 is 14.8 Å². The van der Waals surface area contributed by atoms with Crippen molar-refractivity contribution in [3.63, 3.8) is 0 Å². The van der Waals surface area contributed by atoms with Crippen LogP contribution in [0.25, 0.3) is 0 Å². The maximum Gasteiger partial charge on any atom is 0.256 e. The Morgan fingerprint density at radius 1 is 1.46 bits per heavy atom. The van der Waals surface area contributed by atoms with Crippen molar-refractivity contribution in [1.82, 2.24) is 0 Å². The molecule has 0 spiro atoms. The van der Waals surface area contributed by atoms with E-state index in [-0.39, 0.29) is 11.8 Å². The highest BCUT2D eigenvalue weighted by molar-refractivity contribution is 5.97. The molecule has 1 aromatic carbocycles. The summed E-state index contributed by atoms with van der Waals surface area (Å²) in [4.78, 5) is 12.7. The standard InChI is InChI=1S/C19H26N2O3/c1-5-24-19(4,15-6-7-15)18(22)21-16-8-9-17(14(10-16)11-20)23-12-13(2)3/h8-10,13,15H,5-7,12H2,1-4H3,(H,21,22). The lowest BCUT2D eigenvalue weighted by Crippen LogP contribution is -2.44. The fourth-order valence-corrected chi connectivity index (χ4v) is 2.64. The van der Waals surface area contributed by atoms with E-state index in [1.54, 1.807) is 18.2 Å². The number of rotatable bonds is 8. The molecule has 130 valence electrons. The molecule has 0 saturated heterocycles. The molecule has 0 radical (unpaired) electrons. The summed E-state index contributed by atoms with van der Waals surface area (Å²) in [5.74, 6) is 1.02. The van der Waals surface area contributed by atoms with Crippen LogP contribution in [0.2, 0.25) is 0 Å². The molecular weight excluding hydrogens is 304 g/mol.